The molecule has 0 bridgehead atoms. The summed E-state index contributed by atoms with van der Waals surface area (Å²) in [5.74, 6) is 0.691. The highest BCUT2D eigenvalue weighted by Crippen LogP contribution is 2.34. The van der Waals surface area contributed by atoms with E-state index in [9.17, 15) is 0 Å². The molecule has 110 valence electrons. The van der Waals surface area contributed by atoms with Gasteiger partial charge in [0.2, 0.25) is 0 Å². The molecule has 0 aliphatic heterocycles. The molecule has 1 rings (SSSR count). The van der Waals surface area contributed by atoms with Gasteiger partial charge in [-0.05, 0) is 31.0 Å². The lowest BCUT2D eigenvalue weighted by atomic mass is 10.0. The monoisotopic (exact) mass is 295 g/mol. The first-order valence-corrected chi connectivity index (χ1v) is 6.85. The molecule has 0 aliphatic carbocycles. The molecule has 0 atom stereocenters. The third kappa shape index (κ3) is 4.91. The van der Waals surface area contributed by atoms with Crippen LogP contribution in [-0.4, -0.2) is 27.9 Å². The predicted molar refractivity (Wildman–Crippen MR) is 86.0 cm³/mol. The topological polar surface area (TPSA) is 30.5 Å². The van der Waals surface area contributed by atoms with Crippen molar-refractivity contribution in [2.24, 2.45) is 0 Å². The van der Waals surface area contributed by atoms with Crippen molar-refractivity contribution >= 4 is 17.3 Å². The van der Waals surface area contributed by atoms with Crippen LogP contribution in [-0.2, 0) is 11.2 Å². The van der Waals surface area contributed by atoms with Crippen molar-refractivity contribution < 1.29 is 9.47 Å². The third-order valence-corrected chi connectivity index (χ3v) is 3.24. The van der Waals surface area contributed by atoms with Crippen LogP contribution >= 0.6 is 11.6 Å². The molecule has 0 aromatic heterocycles. The van der Waals surface area contributed by atoms with Crippen molar-refractivity contribution in [3.63, 3.8) is 0 Å². The summed E-state index contributed by atoms with van der Waals surface area (Å²) >= 11 is 6.21. The Kier molecular flexibility index (Phi) is 7.20. The molecule has 20 heavy (non-hydrogen) atoms. The molecular weight excluding hydrogens is 274 g/mol. The van der Waals surface area contributed by atoms with Crippen molar-refractivity contribution in [3.8, 4) is 5.75 Å². The molecule has 0 heterocycles. The third-order valence-electron chi connectivity index (χ3n) is 2.85. The van der Waals surface area contributed by atoms with Gasteiger partial charge in [0.1, 0.15) is 10.8 Å². The van der Waals surface area contributed by atoms with Crippen LogP contribution in [0.1, 0.15) is 12.5 Å². The fourth-order valence-electron chi connectivity index (χ4n) is 1.85. The second-order valence-corrected chi connectivity index (χ2v) is 4.86. The summed E-state index contributed by atoms with van der Waals surface area (Å²) in [5, 5.41) is 3.69. The van der Waals surface area contributed by atoms with Crippen LogP contribution < -0.4 is 10.1 Å². The van der Waals surface area contributed by atoms with Crippen molar-refractivity contribution in [1.29, 1.82) is 0 Å². The van der Waals surface area contributed by atoms with E-state index in [1.165, 1.54) is 5.57 Å². The number of rotatable bonds is 7. The number of hydrogen-bond acceptors (Lipinski definition) is 3. The minimum Gasteiger partial charge on any atom is -0.495 e. The Balaban J connectivity index is 2.86. The van der Waals surface area contributed by atoms with Crippen molar-refractivity contribution in [2.75, 3.05) is 33.2 Å². The lowest BCUT2D eigenvalue weighted by Crippen LogP contribution is -1.96. The Morgan fingerprint density at radius 3 is 2.70 bits per heavy atom. The molecule has 1 aromatic carbocycles. The van der Waals surface area contributed by atoms with E-state index in [4.69, 9.17) is 21.1 Å². The molecule has 1 N–H and O–H groups in total. The van der Waals surface area contributed by atoms with E-state index in [-0.39, 0.29) is 0 Å². The van der Waals surface area contributed by atoms with Crippen LogP contribution in [0.15, 0.2) is 35.9 Å². The van der Waals surface area contributed by atoms with Gasteiger partial charge < -0.3 is 14.8 Å². The summed E-state index contributed by atoms with van der Waals surface area (Å²) in [6, 6.07) is 4.01. The molecule has 0 fully saturated rings. The summed E-state index contributed by atoms with van der Waals surface area (Å²) in [5.41, 5.74) is 3.29. The Morgan fingerprint density at radius 1 is 1.35 bits per heavy atom. The van der Waals surface area contributed by atoms with E-state index < -0.39 is 0 Å². The maximum Gasteiger partial charge on any atom is 0.139 e. The van der Waals surface area contributed by atoms with E-state index in [2.05, 4.69) is 18.3 Å². The largest absolute Gasteiger partial charge is 0.495 e. The second-order valence-electron chi connectivity index (χ2n) is 4.48. The van der Waals surface area contributed by atoms with Gasteiger partial charge in [-0.2, -0.15) is 0 Å². The molecule has 1 aromatic rings. The van der Waals surface area contributed by atoms with Gasteiger partial charge in [-0.3, -0.25) is 0 Å². The first kappa shape index (κ1) is 16.6. The van der Waals surface area contributed by atoms with Gasteiger partial charge in [0.15, 0.2) is 0 Å². The summed E-state index contributed by atoms with van der Waals surface area (Å²) < 4.78 is 10.3. The van der Waals surface area contributed by atoms with E-state index in [1.807, 2.05) is 31.3 Å². The zero-order chi connectivity index (χ0) is 15.0. The fraction of sp³-hybridized carbons (Fsp3) is 0.375. The SMILES string of the molecule is CNc1cc(C/C(C)=C/C=C/COC)cc(OC)c1Cl. The first-order chi connectivity index (χ1) is 9.62. The van der Waals surface area contributed by atoms with Crippen molar-refractivity contribution in [2.45, 2.75) is 13.3 Å². The number of allylic oxidation sites excluding steroid dienone is 3. The van der Waals surface area contributed by atoms with Gasteiger partial charge in [-0.1, -0.05) is 35.4 Å². The summed E-state index contributed by atoms with van der Waals surface area (Å²) in [6.45, 7) is 2.72. The minimum atomic E-state index is 0.611. The number of hydrogen-bond donors (Lipinski definition) is 1. The Morgan fingerprint density at radius 2 is 2.10 bits per heavy atom. The van der Waals surface area contributed by atoms with Gasteiger partial charge >= 0.3 is 0 Å². The molecule has 0 saturated heterocycles. The Bertz CT molecular complexity index is 470. The highest BCUT2D eigenvalue weighted by molar-refractivity contribution is 6.34. The van der Waals surface area contributed by atoms with Crippen LogP contribution in [0.25, 0.3) is 0 Å². The smallest absolute Gasteiger partial charge is 0.139 e. The minimum absolute atomic E-state index is 0.611. The number of methoxy groups -OCH3 is 2. The summed E-state index contributed by atoms with van der Waals surface area (Å²) in [4.78, 5) is 0. The van der Waals surface area contributed by atoms with E-state index in [0.29, 0.717) is 17.4 Å². The highest BCUT2D eigenvalue weighted by atomic mass is 35.5. The zero-order valence-electron chi connectivity index (χ0n) is 12.5. The highest BCUT2D eigenvalue weighted by Gasteiger charge is 2.08. The van der Waals surface area contributed by atoms with Gasteiger partial charge in [0, 0.05) is 14.2 Å². The lowest BCUT2D eigenvalue weighted by molar-refractivity contribution is 0.234. The van der Waals surface area contributed by atoms with Crippen LogP contribution in [0, 0.1) is 0 Å². The summed E-state index contributed by atoms with van der Waals surface area (Å²) in [6.07, 6.45) is 6.91. The van der Waals surface area contributed by atoms with Gasteiger partial charge in [-0.15, -0.1) is 0 Å². The molecule has 0 radical (unpaired) electrons. The van der Waals surface area contributed by atoms with Gasteiger partial charge in [-0.25, -0.2) is 0 Å². The molecular formula is C16H22ClNO2. The van der Waals surface area contributed by atoms with E-state index in [0.717, 1.165) is 17.7 Å². The van der Waals surface area contributed by atoms with Crippen LogP contribution in [0.5, 0.6) is 5.75 Å². The molecule has 0 saturated carbocycles. The zero-order valence-corrected chi connectivity index (χ0v) is 13.3. The second kappa shape index (κ2) is 8.67. The average molecular weight is 296 g/mol. The van der Waals surface area contributed by atoms with Gasteiger partial charge in [0.05, 0.1) is 19.4 Å². The Labute approximate surface area is 126 Å². The van der Waals surface area contributed by atoms with Gasteiger partial charge in [0.25, 0.3) is 0 Å². The van der Waals surface area contributed by atoms with Crippen molar-refractivity contribution in [3.05, 3.63) is 46.5 Å². The normalized spacial score (nSPS) is 11.9. The van der Waals surface area contributed by atoms with E-state index >= 15 is 0 Å². The predicted octanol–water partition coefficient (Wildman–Crippen LogP) is 4.08. The molecule has 0 amide bonds. The average Bonchev–Trinajstić information content (AvgIpc) is 2.45. The summed E-state index contributed by atoms with van der Waals surface area (Å²) in [7, 11) is 5.15. The lowest BCUT2D eigenvalue weighted by Gasteiger charge is -2.12. The molecule has 0 spiro atoms. The molecule has 4 heteroatoms. The first-order valence-electron chi connectivity index (χ1n) is 6.47. The number of ether oxygens (including phenoxy) is 2. The molecule has 3 nitrogen and oxygen atoms in total. The Hall–Kier alpha value is -1.45. The quantitative estimate of drug-likeness (QED) is 0.769. The van der Waals surface area contributed by atoms with E-state index in [1.54, 1.807) is 14.2 Å². The fourth-order valence-corrected chi connectivity index (χ4v) is 2.13. The maximum atomic E-state index is 6.21. The number of halogens is 1. The number of anilines is 1. The number of nitrogens with one attached hydrogen (secondary N) is 1. The maximum absolute atomic E-state index is 6.21. The van der Waals surface area contributed by atoms with Crippen LogP contribution in [0.2, 0.25) is 5.02 Å². The van der Waals surface area contributed by atoms with Crippen LogP contribution in [0.4, 0.5) is 5.69 Å². The number of benzene rings is 1. The molecule has 0 aliphatic rings. The van der Waals surface area contributed by atoms with Crippen molar-refractivity contribution in [1.82, 2.24) is 0 Å². The van der Waals surface area contributed by atoms with Crippen LogP contribution in [0.3, 0.4) is 0 Å². The molecule has 0 unspecified atom stereocenters. The standard InChI is InChI=1S/C16H22ClNO2/c1-12(7-5-6-8-19-3)9-13-10-14(18-2)16(17)15(11-13)20-4/h5-7,10-11,18H,8-9H2,1-4H3/b6-5+,12-7+.